The quantitative estimate of drug-likeness (QED) is 0.495. The molecule has 0 aliphatic carbocycles. The molecular formula is C16H23N3O6. The van der Waals surface area contributed by atoms with E-state index in [1.807, 2.05) is 0 Å². The Bertz CT molecular complexity index is 604. The van der Waals surface area contributed by atoms with Crippen LogP contribution in [0.25, 0.3) is 0 Å². The average Bonchev–Trinajstić information content (AvgIpc) is 3.01. The zero-order chi connectivity index (χ0) is 18.9. The van der Waals surface area contributed by atoms with Crippen molar-refractivity contribution in [3.63, 3.8) is 0 Å². The van der Waals surface area contributed by atoms with Crippen LogP contribution in [0, 0.1) is 0 Å². The van der Waals surface area contributed by atoms with E-state index in [0.717, 1.165) is 0 Å². The molecule has 9 nitrogen and oxygen atoms in total. The second-order valence-corrected chi connectivity index (χ2v) is 6.25. The van der Waals surface area contributed by atoms with Gasteiger partial charge in [-0.1, -0.05) is 0 Å². The summed E-state index contributed by atoms with van der Waals surface area (Å²) in [7, 11) is 0. The molecule has 1 aromatic rings. The Hall–Kier alpha value is -2.84. The molecule has 0 aromatic carbocycles. The first-order valence-corrected chi connectivity index (χ1v) is 7.77. The van der Waals surface area contributed by atoms with Gasteiger partial charge in [0.2, 0.25) is 0 Å². The van der Waals surface area contributed by atoms with Crippen LogP contribution in [-0.4, -0.2) is 42.5 Å². The van der Waals surface area contributed by atoms with Gasteiger partial charge < -0.3 is 19.8 Å². The number of ether oxygens (including phenoxy) is 1. The number of imide groups is 1. The smallest absolute Gasteiger partial charge is 0.321 e. The van der Waals surface area contributed by atoms with Crippen LogP contribution in [0.3, 0.4) is 0 Å². The number of esters is 1. The highest BCUT2D eigenvalue weighted by Crippen LogP contribution is 2.00. The average molecular weight is 353 g/mol. The molecule has 4 amide bonds. The first kappa shape index (κ1) is 20.2. The van der Waals surface area contributed by atoms with Crippen molar-refractivity contribution in [1.29, 1.82) is 0 Å². The van der Waals surface area contributed by atoms with Gasteiger partial charge in [-0.05, 0) is 39.3 Å². The molecular weight excluding hydrogens is 330 g/mol. The lowest BCUT2D eigenvalue weighted by Gasteiger charge is -2.20. The third kappa shape index (κ3) is 9.14. The fourth-order valence-corrected chi connectivity index (χ4v) is 1.68. The van der Waals surface area contributed by atoms with Crippen LogP contribution >= 0.6 is 0 Å². The van der Waals surface area contributed by atoms with Crippen molar-refractivity contribution in [1.82, 2.24) is 16.0 Å². The molecule has 0 radical (unpaired) electrons. The topological polar surface area (TPSA) is 127 Å². The van der Waals surface area contributed by atoms with E-state index in [9.17, 15) is 19.2 Å². The molecule has 0 saturated heterocycles. The predicted octanol–water partition coefficient (Wildman–Crippen LogP) is 0.957. The van der Waals surface area contributed by atoms with Crippen LogP contribution in [-0.2, 0) is 14.3 Å². The molecule has 9 heteroatoms. The number of carbonyl (C=O) groups is 4. The molecule has 0 aliphatic heterocycles. The Kier molecular flexibility index (Phi) is 7.64. The predicted molar refractivity (Wildman–Crippen MR) is 87.7 cm³/mol. The number of amides is 4. The molecule has 1 heterocycles. The monoisotopic (exact) mass is 353 g/mol. The Morgan fingerprint density at radius 3 is 2.52 bits per heavy atom. The first-order chi connectivity index (χ1) is 11.7. The van der Waals surface area contributed by atoms with Crippen LogP contribution in [0.5, 0.6) is 0 Å². The number of nitrogens with one attached hydrogen (secondary N) is 3. The Morgan fingerprint density at radius 2 is 1.92 bits per heavy atom. The molecule has 25 heavy (non-hydrogen) atoms. The van der Waals surface area contributed by atoms with E-state index >= 15 is 0 Å². The highest BCUT2D eigenvalue weighted by Gasteiger charge is 2.16. The van der Waals surface area contributed by atoms with E-state index in [0.29, 0.717) is 6.42 Å². The van der Waals surface area contributed by atoms with E-state index in [2.05, 4.69) is 16.0 Å². The summed E-state index contributed by atoms with van der Waals surface area (Å²) in [6.07, 6.45) is 1.76. The summed E-state index contributed by atoms with van der Waals surface area (Å²) >= 11 is 0. The maximum absolute atomic E-state index is 11.6. The molecule has 0 saturated carbocycles. The number of hydrogen-bond donors (Lipinski definition) is 3. The van der Waals surface area contributed by atoms with Crippen LogP contribution in [0.15, 0.2) is 22.8 Å². The maximum Gasteiger partial charge on any atom is 0.321 e. The van der Waals surface area contributed by atoms with Crippen molar-refractivity contribution in [2.24, 2.45) is 0 Å². The van der Waals surface area contributed by atoms with Crippen molar-refractivity contribution in [2.75, 3.05) is 13.2 Å². The lowest BCUT2D eigenvalue weighted by atomic mass is 10.1. The van der Waals surface area contributed by atoms with E-state index in [4.69, 9.17) is 9.15 Å². The van der Waals surface area contributed by atoms with Gasteiger partial charge in [0.15, 0.2) is 12.4 Å². The number of hydrogen-bond acceptors (Lipinski definition) is 6. The Morgan fingerprint density at radius 1 is 1.20 bits per heavy atom. The summed E-state index contributed by atoms with van der Waals surface area (Å²) in [6, 6.07) is 2.46. The summed E-state index contributed by atoms with van der Waals surface area (Å²) < 4.78 is 9.67. The van der Waals surface area contributed by atoms with Crippen molar-refractivity contribution >= 4 is 23.8 Å². The summed E-state index contributed by atoms with van der Waals surface area (Å²) in [6.45, 7) is 5.01. The zero-order valence-corrected chi connectivity index (χ0v) is 14.5. The molecule has 1 aromatic heterocycles. The van der Waals surface area contributed by atoms with Crippen LogP contribution in [0.4, 0.5) is 4.79 Å². The molecule has 0 unspecified atom stereocenters. The normalized spacial score (nSPS) is 10.7. The highest BCUT2D eigenvalue weighted by atomic mass is 16.5. The summed E-state index contributed by atoms with van der Waals surface area (Å²) in [4.78, 5) is 46.0. The zero-order valence-electron chi connectivity index (χ0n) is 14.5. The lowest BCUT2D eigenvalue weighted by Crippen LogP contribution is -2.49. The van der Waals surface area contributed by atoms with Gasteiger partial charge in [-0.15, -0.1) is 0 Å². The molecule has 0 spiro atoms. The second kappa shape index (κ2) is 9.45. The van der Waals surface area contributed by atoms with Gasteiger partial charge in [-0.3, -0.25) is 19.7 Å². The van der Waals surface area contributed by atoms with E-state index in [-0.39, 0.29) is 24.6 Å². The minimum Gasteiger partial charge on any atom is -0.459 e. The molecule has 0 fully saturated rings. The number of furan rings is 1. The first-order valence-electron chi connectivity index (χ1n) is 7.77. The SMILES string of the molecule is CC(C)(C)NC(=O)NC(=O)COC(=O)CCCNC(=O)c1ccco1. The molecule has 1 rings (SSSR count). The van der Waals surface area contributed by atoms with Crippen LogP contribution < -0.4 is 16.0 Å². The Balaban J connectivity index is 2.13. The fraction of sp³-hybridized carbons (Fsp3) is 0.500. The van der Waals surface area contributed by atoms with Gasteiger partial charge in [0.1, 0.15) is 0 Å². The lowest BCUT2D eigenvalue weighted by molar-refractivity contribution is -0.148. The fourth-order valence-electron chi connectivity index (χ4n) is 1.68. The minimum atomic E-state index is -0.721. The Labute approximate surface area is 145 Å². The second-order valence-electron chi connectivity index (χ2n) is 6.25. The van der Waals surface area contributed by atoms with Gasteiger partial charge in [0, 0.05) is 18.5 Å². The van der Waals surface area contributed by atoms with E-state index in [1.165, 1.54) is 12.3 Å². The van der Waals surface area contributed by atoms with Crippen LogP contribution in [0.2, 0.25) is 0 Å². The molecule has 0 aliphatic rings. The van der Waals surface area contributed by atoms with Crippen molar-refractivity contribution < 1.29 is 28.3 Å². The van der Waals surface area contributed by atoms with Gasteiger partial charge in [-0.2, -0.15) is 0 Å². The molecule has 3 N–H and O–H groups in total. The van der Waals surface area contributed by atoms with E-state index in [1.54, 1.807) is 26.8 Å². The van der Waals surface area contributed by atoms with Crippen molar-refractivity contribution in [2.45, 2.75) is 39.2 Å². The molecule has 138 valence electrons. The minimum absolute atomic E-state index is 0.0277. The largest absolute Gasteiger partial charge is 0.459 e. The third-order valence-electron chi connectivity index (χ3n) is 2.69. The third-order valence-corrected chi connectivity index (χ3v) is 2.69. The van der Waals surface area contributed by atoms with Gasteiger partial charge >= 0.3 is 12.0 Å². The van der Waals surface area contributed by atoms with Gasteiger partial charge in [0.05, 0.1) is 6.26 Å². The standard InChI is InChI=1S/C16H23N3O6/c1-16(2,3)19-15(23)18-12(20)10-25-13(21)7-4-8-17-14(22)11-6-5-9-24-11/h5-6,9H,4,7-8,10H2,1-3H3,(H,17,22)(H2,18,19,20,23). The van der Waals surface area contributed by atoms with Crippen molar-refractivity contribution in [3.8, 4) is 0 Å². The summed E-state index contributed by atoms with van der Waals surface area (Å²) in [5.74, 6) is -1.50. The number of urea groups is 1. The van der Waals surface area contributed by atoms with E-state index < -0.39 is 30.1 Å². The van der Waals surface area contributed by atoms with Gasteiger partial charge in [-0.25, -0.2) is 4.79 Å². The number of carbonyl (C=O) groups excluding carboxylic acids is 4. The molecule has 0 bridgehead atoms. The van der Waals surface area contributed by atoms with Crippen molar-refractivity contribution in [3.05, 3.63) is 24.2 Å². The molecule has 0 atom stereocenters. The van der Waals surface area contributed by atoms with Crippen LogP contribution in [0.1, 0.15) is 44.2 Å². The highest BCUT2D eigenvalue weighted by molar-refractivity contribution is 5.95. The maximum atomic E-state index is 11.6. The summed E-state index contributed by atoms with van der Waals surface area (Å²) in [5.41, 5.74) is -0.485. The summed E-state index contributed by atoms with van der Waals surface area (Å²) in [5, 5.41) is 7.18. The number of rotatable bonds is 7. The van der Waals surface area contributed by atoms with Gasteiger partial charge in [0.25, 0.3) is 11.8 Å².